The van der Waals surface area contributed by atoms with Crippen molar-refractivity contribution in [3.63, 3.8) is 0 Å². The zero-order valence-electron chi connectivity index (χ0n) is 16.1. The van der Waals surface area contributed by atoms with Crippen LogP contribution in [0.15, 0.2) is 54.6 Å². The van der Waals surface area contributed by atoms with Crippen LogP contribution in [0.3, 0.4) is 0 Å². The van der Waals surface area contributed by atoms with E-state index in [1.54, 1.807) is 25.1 Å². The van der Waals surface area contributed by atoms with Gasteiger partial charge in [0, 0.05) is 0 Å². The fourth-order valence-electron chi connectivity index (χ4n) is 2.75. The predicted octanol–water partition coefficient (Wildman–Crippen LogP) is 4.54. The Morgan fingerprint density at radius 2 is 1.57 bits per heavy atom. The minimum Gasteiger partial charge on any atom is -0.491 e. The van der Waals surface area contributed by atoms with E-state index in [0.717, 1.165) is 11.3 Å². The van der Waals surface area contributed by atoms with Gasteiger partial charge in [0.25, 0.3) is 0 Å². The van der Waals surface area contributed by atoms with Crippen LogP contribution in [0, 0.1) is 0 Å². The van der Waals surface area contributed by atoms with Gasteiger partial charge in [-0.25, -0.2) is 0 Å². The summed E-state index contributed by atoms with van der Waals surface area (Å²) in [4.78, 5) is 12.1. The molecule has 0 heterocycles. The summed E-state index contributed by atoms with van der Waals surface area (Å²) >= 11 is 0. The van der Waals surface area contributed by atoms with Crippen LogP contribution in [0.1, 0.15) is 44.0 Å². The Kier molecular flexibility index (Phi) is 7.45. The van der Waals surface area contributed by atoms with E-state index in [-0.39, 0.29) is 17.7 Å². The maximum absolute atomic E-state index is 13.3. The van der Waals surface area contributed by atoms with Gasteiger partial charge in [0.2, 0.25) is 5.91 Å². The highest BCUT2D eigenvalue weighted by Gasteiger charge is 2.40. The number of alkyl halides is 3. The van der Waals surface area contributed by atoms with Crippen LogP contribution in [0.25, 0.3) is 0 Å². The van der Waals surface area contributed by atoms with Gasteiger partial charge >= 0.3 is 6.18 Å². The molecule has 0 aliphatic rings. The van der Waals surface area contributed by atoms with E-state index in [1.165, 1.54) is 24.3 Å². The zero-order chi connectivity index (χ0) is 20.7. The molecule has 0 spiro atoms. The molecule has 0 saturated carbocycles. The van der Waals surface area contributed by atoms with Crippen molar-refractivity contribution in [1.29, 1.82) is 0 Å². The quantitative estimate of drug-likeness (QED) is 0.691. The second-order valence-corrected chi connectivity index (χ2v) is 6.79. The number of benzene rings is 2. The summed E-state index contributed by atoms with van der Waals surface area (Å²) in [6.07, 6.45) is -4.44. The van der Waals surface area contributed by atoms with Gasteiger partial charge in [-0.3, -0.25) is 10.1 Å². The van der Waals surface area contributed by atoms with Gasteiger partial charge in [-0.05, 0) is 44.0 Å². The average Bonchev–Trinajstić information content (AvgIpc) is 2.61. The molecular formula is C21H25F3N2O2. The molecule has 2 aromatic carbocycles. The number of nitrogens with one attached hydrogen (secondary N) is 2. The largest absolute Gasteiger partial charge is 0.491 e. The van der Waals surface area contributed by atoms with Crippen LogP contribution in [0.5, 0.6) is 5.75 Å². The first kappa shape index (κ1) is 21.8. The van der Waals surface area contributed by atoms with E-state index < -0.39 is 24.7 Å². The summed E-state index contributed by atoms with van der Waals surface area (Å²) in [5.41, 5.74) is 0.900. The molecule has 2 rings (SSSR count). The summed E-state index contributed by atoms with van der Waals surface area (Å²) < 4.78 is 45.5. The van der Waals surface area contributed by atoms with Crippen molar-refractivity contribution < 1.29 is 22.7 Å². The van der Waals surface area contributed by atoms with Crippen LogP contribution in [-0.2, 0) is 4.79 Å². The molecule has 2 aromatic rings. The van der Waals surface area contributed by atoms with Crippen molar-refractivity contribution in [3.05, 3.63) is 65.7 Å². The highest BCUT2D eigenvalue weighted by molar-refractivity contribution is 5.78. The van der Waals surface area contributed by atoms with Crippen LogP contribution >= 0.6 is 0 Å². The highest BCUT2D eigenvalue weighted by atomic mass is 19.4. The maximum Gasteiger partial charge on any atom is 0.407 e. The van der Waals surface area contributed by atoms with Crippen LogP contribution in [-0.4, -0.2) is 24.7 Å². The molecule has 0 fully saturated rings. The lowest BCUT2D eigenvalue weighted by molar-refractivity contribution is -0.158. The van der Waals surface area contributed by atoms with Crippen LogP contribution < -0.4 is 15.4 Å². The molecule has 0 aliphatic carbocycles. The van der Waals surface area contributed by atoms with Crippen molar-refractivity contribution in [2.45, 2.75) is 45.1 Å². The molecule has 152 valence electrons. The van der Waals surface area contributed by atoms with Crippen molar-refractivity contribution >= 4 is 5.91 Å². The minimum absolute atomic E-state index is 0.0558. The number of carbonyl (C=O) groups is 1. The molecule has 2 atom stereocenters. The Hall–Kier alpha value is -2.54. The molecule has 0 radical (unpaired) electrons. The molecule has 0 bridgehead atoms. The first-order valence-corrected chi connectivity index (χ1v) is 9.08. The molecule has 0 aliphatic heterocycles. The van der Waals surface area contributed by atoms with Gasteiger partial charge in [-0.15, -0.1) is 0 Å². The third-order valence-electron chi connectivity index (χ3n) is 4.06. The highest BCUT2D eigenvalue weighted by Crippen LogP contribution is 2.32. The number of ether oxygens (including phenoxy) is 1. The van der Waals surface area contributed by atoms with Crippen molar-refractivity contribution in [2.75, 3.05) is 6.54 Å². The van der Waals surface area contributed by atoms with E-state index in [2.05, 4.69) is 10.6 Å². The molecule has 2 N–H and O–H groups in total. The third kappa shape index (κ3) is 6.56. The molecular weight excluding hydrogens is 369 g/mol. The van der Waals surface area contributed by atoms with E-state index in [0.29, 0.717) is 0 Å². The van der Waals surface area contributed by atoms with Gasteiger partial charge in [0.05, 0.1) is 18.7 Å². The fourth-order valence-corrected chi connectivity index (χ4v) is 2.75. The number of hydrogen-bond acceptors (Lipinski definition) is 3. The Bertz CT molecular complexity index is 746. The van der Waals surface area contributed by atoms with Crippen LogP contribution in [0.4, 0.5) is 13.2 Å². The monoisotopic (exact) mass is 394 g/mol. The predicted molar refractivity (Wildman–Crippen MR) is 102 cm³/mol. The Labute approximate surface area is 163 Å². The van der Waals surface area contributed by atoms with E-state index >= 15 is 0 Å². The number of hydrogen-bond donors (Lipinski definition) is 2. The lowest BCUT2D eigenvalue weighted by Crippen LogP contribution is -2.41. The topological polar surface area (TPSA) is 50.4 Å². The summed E-state index contributed by atoms with van der Waals surface area (Å²) in [6.45, 7) is 5.17. The summed E-state index contributed by atoms with van der Waals surface area (Å²) in [6, 6.07) is 12.5. The second kappa shape index (κ2) is 9.59. The van der Waals surface area contributed by atoms with E-state index in [1.807, 2.05) is 26.0 Å². The van der Waals surface area contributed by atoms with Crippen molar-refractivity contribution in [1.82, 2.24) is 10.6 Å². The standard InChI is InChI=1S/C21H25F3N2O2/c1-14(2)28-18-11-9-16(10-12-18)15(3)26-19(27)13-25-20(21(22,23)24)17-7-5-4-6-8-17/h4-12,14-15,20,25H,13H2,1-3H3,(H,26,27). The molecule has 0 aromatic heterocycles. The van der Waals surface area contributed by atoms with Gasteiger partial charge < -0.3 is 10.1 Å². The summed E-state index contributed by atoms with van der Waals surface area (Å²) in [5.74, 6) is 0.204. The molecule has 1 amide bonds. The Balaban J connectivity index is 1.93. The number of amides is 1. The summed E-state index contributed by atoms with van der Waals surface area (Å²) in [7, 11) is 0. The number of halogens is 3. The first-order valence-electron chi connectivity index (χ1n) is 9.08. The molecule has 4 nitrogen and oxygen atoms in total. The third-order valence-corrected chi connectivity index (χ3v) is 4.06. The minimum atomic E-state index is -4.50. The van der Waals surface area contributed by atoms with Gasteiger partial charge in [0.1, 0.15) is 11.8 Å². The number of carbonyl (C=O) groups excluding carboxylic acids is 1. The van der Waals surface area contributed by atoms with Gasteiger partial charge in [-0.1, -0.05) is 42.5 Å². The van der Waals surface area contributed by atoms with Gasteiger partial charge in [0.15, 0.2) is 0 Å². The van der Waals surface area contributed by atoms with E-state index in [9.17, 15) is 18.0 Å². The van der Waals surface area contributed by atoms with Crippen molar-refractivity contribution in [3.8, 4) is 5.75 Å². The summed E-state index contributed by atoms with van der Waals surface area (Å²) in [5, 5.41) is 5.01. The zero-order valence-corrected chi connectivity index (χ0v) is 16.1. The Morgan fingerprint density at radius 1 is 0.964 bits per heavy atom. The SMILES string of the molecule is CC(C)Oc1ccc(C(C)NC(=O)CNC(c2ccccc2)C(F)(F)F)cc1. The molecule has 2 unspecified atom stereocenters. The normalized spacial score (nSPS) is 13.8. The number of rotatable bonds is 8. The maximum atomic E-state index is 13.3. The first-order chi connectivity index (χ1) is 13.2. The second-order valence-electron chi connectivity index (χ2n) is 6.79. The molecule has 7 heteroatoms. The van der Waals surface area contributed by atoms with E-state index in [4.69, 9.17) is 4.74 Å². The van der Waals surface area contributed by atoms with Crippen LogP contribution in [0.2, 0.25) is 0 Å². The fraction of sp³-hybridized carbons (Fsp3) is 0.381. The lowest BCUT2D eigenvalue weighted by atomic mass is 10.1. The average molecular weight is 394 g/mol. The molecule has 28 heavy (non-hydrogen) atoms. The van der Waals surface area contributed by atoms with Crippen molar-refractivity contribution in [2.24, 2.45) is 0 Å². The molecule has 0 saturated heterocycles. The van der Waals surface area contributed by atoms with Gasteiger partial charge in [-0.2, -0.15) is 13.2 Å². The Morgan fingerprint density at radius 3 is 2.11 bits per heavy atom. The lowest BCUT2D eigenvalue weighted by Gasteiger charge is -2.22. The smallest absolute Gasteiger partial charge is 0.407 e.